The highest BCUT2D eigenvalue weighted by Crippen LogP contribution is 2.18. The van der Waals surface area contributed by atoms with Crippen LogP contribution in [0.15, 0.2) is 48.5 Å². The number of nitrogens with one attached hydrogen (secondary N) is 1. The van der Waals surface area contributed by atoms with E-state index in [-0.39, 0.29) is 28.9 Å². The SMILES string of the molecule is NC(=O)c1ccccc1NC(=O)COC(=O)Cc1ccccc1[N+](=O)[O-]. The second-order valence-electron chi connectivity index (χ2n) is 5.18. The van der Waals surface area contributed by atoms with Crippen molar-refractivity contribution in [3.05, 3.63) is 69.8 Å². The van der Waals surface area contributed by atoms with E-state index in [1.807, 2.05) is 0 Å². The Morgan fingerprint density at radius 1 is 1.08 bits per heavy atom. The number of carbonyl (C=O) groups is 3. The first kappa shape index (κ1) is 18.6. The summed E-state index contributed by atoms with van der Waals surface area (Å²) in [6.45, 7) is -0.605. The number of ether oxygens (including phenoxy) is 1. The maximum atomic E-state index is 11.9. The summed E-state index contributed by atoms with van der Waals surface area (Å²) >= 11 is 0. The number of primary amides is 1. The molecule has 0 saturated carbocycles. The molecule has 0 aliphatic rings. The molecule has 9 heteroatoms. The van der Waals surface area contributed by atoms with Crippen molar-refractivity contribution in [3.63, 3.8) is 0 Å². The molecule has 26 heavy (non-hydrogen) atoms. The summed E-state index contributed by atoms with van der Waals surface area (Å²) in [4.78, 5) is 45.3. The Balaban J connectivity index is 1.93. The summed E-state index contributed by atoms with van der Waals surface area (Å²) in [6, 6.07) is 11.9. The predicted octanol–water partition coefficient (Wildman–Crippen LogP) is 1.42. The van der Waals surface area contributed by atoms with E-state index < -0.39 is 29.3 Å². The van der Waals surface area contributed by atoms with Crippen molar-refractivity contribution in [1.82, 2.24) is 0 Å². The molecule has 0 spiro atoms. The molecule has 0 fully saturated rings. The van der Waals surface area contributed by atoms with Crippen molar-refractivity contribution >= 4 is 29.2 Å². The van der Waals surface area contributed by atoms with Gasteiger partial charge in [0.05, 0.1) is 22.6 Å². The first-order valence-electron chi connectivity index (χ1n) is 7.45. The third-order valence-corrected chi connectivity index (χ3v) is 3.35. The van der Waals surface area contributed by atoms with E-state index in [1.54, 1.807) is 18.2 Å². The standard InChI is InChI=1S/C17H15N3O6/c18-17(23)12-6-2-3-7-13(12)19-15(21)10-26-16(22)9-11-5-1-4-8-14(11)20(24)25/h1-8H,9-10H2,(H2,18,23)(H,19,21). The smallest absolute Gasteiger partial charge is 0.311 e. The maximum Gasteiger partial charge on any atom is 0.311 e. The number of nitrogens with zero attached hydrogens (tertiary/aromatic N) is 1. The lowest BCUT2D eigenvalue weighted by Crippen LogP contribution is -2.23. The largest absolute Gasteiger partial charge is 0.455 e. The fourth-order valence-electron chi connectivity index (χ4n) is 2.18. The van der Waals surface area contributed by atoms with Crippen molar-refractivity contribution in [2.24, 2.45) is 5.73 Å². The first-order valence-corrected chi connectivity index (χ1v) is 7.45. The van der Waals surface area contributed by atoms with E-state index in [0.29, 0.717) is 0 Å². The van der Waals surface area contributed by atoms with Crippen molar-refractivity contribution in [2.75, 3.05) is 11.9 Å². The summed E-state index contributed by atoms with van der Waals surface area (Å²) in [5.74, 6) is -2.18. The van der Waals surface area contributed by atoms with Gasteiger partial charge in [-0.2, -0.15) is 0 Å². The number of anilines is 1. The van der Waals surface area contributed by atoms with Gasteiger partial charge in [0.15, 0.2) is 6.61 Å². The first-order chi connectivity index (χ1) is 12.4. The summed E-state index contributed by atoms with van der Waals surface area (Å²) in [6.07, 6.45) is -0.345. The molecule has 0 radical (unpaired) electrons. The Kier molecular flexibility index (Phi) is 5.99. The Labute approximate surface area is 147 Å². The van der Waals surface area contributed by atoms with E-state index in [0.717, 1.165) is 0 Å². The summed E-state index contributed by atoms with van der Waals surface area (Å²) in [5, 5.41) is 13.3. The van der Waals surface area contributed by atoms with Crippen LogP contribution in [0.3, 0.4) is 0 Å². The minimum absolute atomic E-state index is 0.118. The number of nitro groups is 1. The molecule has 0 bridgehead atoms. The molecule has 9 nitrogen and oxygen atoms in total. The molecule has 3 N–H and O–H groups in total. The zero-order chi connectivity index (χ0) is 19.1. The molecule has 0 heterocycles. The van der Waals surface area contributed by atoms with E-state index in [9.17, 15) is 24.5 Å². The van der Waals surface area contributed by atoms with Crippen molar-refractivity contribution in [3.8, 4) is 0 Å². The quantitative estimate of drug-likeness (QED) is 0.436. The van der Waals surface area contributed by atoms with E-state index in [2.05, 4.69) is 5.32 Å². The second kappa shape index (κ2) is 8.38. The van der Waals surface area contributed by atoms with Crippen LogP contribution in [-0.2, 0) is 20.7 Å². The van der Waals surface area contributed by atoms with Crippen LogP contribution in [0.5, 0.6) is 0 Å². The number of para-hydroxylation sites is 2. The predicted molar refractivity (Wildman–Crippen MR) is 91.3 cm³/mol. The highest BCUT2D eigenvalue weighted by atomic mass is 16.6. The Hall–Kier alpha value is -3.75. The van der Waals surface area contributed by atoms with Crippen LogP contribution in [0.1, 0.15) is 15.9 Å². The molecule has 2 amide bonds. The second-order valence-corrected chi connectivity index (χ2v) is 5.18. The van der Waals surface area contributed by atoms with Crippen LogP contribution in [0, 0.1) is 10.1 Å². The number of hydrogen-bond acceptors (Lipinski definition) is 6. The van der Waals surface area contributed by atoms with Gasteiger partial charge in [-0.05, 0) is 12.1 Å². The average Bonchev–Trinajstić information content (AvgIpc) is 2.60. The molecule has 2 rings (SSSR count). The van der Waals surface area contributed by atoms with Gasteiger partial charge in [-0.25, -0.2) is 0 Å². The number of esters is 1. The van der Waals surface area contributed by atoms with E-state index in [4.69, 9.17) is 10.5 Å². The molecule has 2 aromatic carbocycles. The number of nitrogens with two attached hydrogens (primary N) is 1. The topological polar surface area (TPSA) is 142 Å². The molecule has 0 aliphatic carbocycles. The fourth-order valence-corrected chi connectivity index (χ4v) is 2.18. The van der Waals surface area contributed by atoms with Gasteiger partial charge >= 0.3 is 5.97 Å². The highest BCUT2D eigenvalue weighted by Gasteiger charge is 2.17. The van der Waals surface area contributed by atoms with E-state index in [1.165, 1.54) is 30.3 Å². The zero-order valence-corrected chi connectivity index (χ0v) is 13.5. The summed E-state index contributed by atoms with van der Waals surface area (Å²) in [5.41, 5.74) is 5.50. The van der Waals surface area contributed by atoms with Crippen molar-refractivity contribution in [2.45, 2.75) is 6.42 Å². The molecule has 2 aromatic rings. The lowest BCUT2D eigenvalue weighted by Gasteiger charge is -2.09. The number of rotatable bonds is 7. The Morgan fingerprint density at radius 3 is 2.42 bits per heavy atom. The number of nitro benzene ring substituents is 1. The van der Waals surface area contributed by atoms with Gasteiger partial charge < -0.3 is 15.8 Å². The molecular weight excluding hydrogens is 342 g/mol. The highest BCUT2D eigenvalue weighted by molar-refractivity contribution is 6.03. The molecule has 0 aliphatic heterocycles. The van der Waals surface area contributed by atoms with Gasteiger partial charge in [0, 0.05) is 11.6 Å². The van der Waals surface area contributed by atoms with Crippen LogP contribution in [0.4, 0.5) is 11.4 Å². The van der Waals surface area contributed by atoms with Crippen LogP contribution < -0.4 is 11.1 Å². The molecule has 134 valence electrons. The molecule has 0 aromatic heterocycles. The average molecular weight is 357 g/mol. The minimum Gasteiger partial charge on any atom is -0.455 e. The maximum absolute atomic E-state index is 11.9. The van der Waals surface area contributed by atoms with Crippen molar-refractivity contribution in [1.29, 1.82) is 0 Å². The van der Waals surface area contributed by atoms with Gasteiger partial charge in [-0.3, -0.25) is 24.5 Å². The lowest BCUT2D eigenvalue weighted by atomic mass is 10.1. The summed E-state index contributed by atoms with van der Waals surface area (Å²) < 4.78 is 4.83. The van der Waals surface area contributed by atoms with Gasteiger partial charge in [-0.15, -0.1) is 0 Å². The monoisotopic (exact) mass is 357 g/mol. The van der Waals surface area contributed by atoms with Crippen LogP contribution in [0.2, 0.25) is 0 Å². The molecule has 0 unspecified atom stereocenters. The number of amides is 2. The number of hydrogen-bond donors (Lipinski definition) is 2. The fraction of sp³-hybridized carbons (Fsp3) is 0.118. The zero-order valence-electron chi connectivity index (χ0n) is 13.5. The lowest BCUT2D eigenvalue weighted by molar-refractivity contribution is -0.385. The third kappa shape index (κ3) is 4.87. The molecular formula is C17H15N3O6. The van der Waals surface area contributed by atoms with Crippen LogP contribution in [-0.4, -0.2) is 29.3 Å². The summed E-state index contributed by atoms with van der Waals surface area (Å²) in [7, 11) is 0. The molecule has 0 atom stereocenters. The van der Waals surface area contributed by atoms with Crippen LogP contribution in [0.25, 0.3) is 0 Å². The number of carbonyl (C=O) groups excluding carboxylic acids is 3. The van der Waals surface area contributed by atoms with Gasteiger partial charge in [0.25, 0.3) is 17.5 Å². The van der Waals surface area contributed by atoms with Crippen LogP contribution >= 0.6 is 0 Å². The van der Waals surface area contributed by atoms with Gasteiger partial charge in [-0.1, -0.05) is 30.3 Å². The third-order valence-electron chi connectivity index (χ3n) is 3.35. The van der Waals surface area contributed by atoms with E-state index >= 15 is 0 Å². The molecule has 0 saturated heterocycles. The Bertz CT molecular complexity index is 794. The Morgan fingerprint density at radius 2 is 1.73 bits per heavy atom. The van der Waals surface area contributed by atoms with Crippen molar-refractivity contribution < 1.29 is 24.0 Å². The minimum atomic E-state index is -0.794. The number of benzene rings is 2. The normalized spacial score (nSPS) is 10.0. The van der Waals surface area contributed by atoms with Gasteiger partial charge in [0.1, 0.15) is 0 Å². The van der Waals surface area contributed by atoms with Gasteiger partial charge in [0.2, 0.25) is 0 Å².